The number of benzene rings is 2. The lowest BCUT2D eigenvalue weighted by molar-refractivity contribution is 0.304. The average molecular weight is 287 g/mol. The molecule has 2 aromatic rings. The summed E-state index contributed by atoms with van der Waals surface area (Å²) in [6.07, 6.45) is 1.69. The molecule has 5 heteroatoms. The standard InChI is InChI=1S/C16H18FN3O/c1-20(10-11-21)16-8-2-13(3-9-16)12-18-19-15-6-4-14(17)5-7-15/h2-9,12,19,21H,10-11H2,1H3/b18-12-. The molecule has 0 unspecified atom stereocenters. The van der Waals surface area contributed by atoms with E-state index in [1.54, 1.807) is 18.3 Å². The second-order valence-corrected chi connectivity index (χ2v) is 4.61. The van der Waals surface area contributed by atoms with Crippen molar-refractivity contribution < 1.29 is 9.50 Å². The number of hydrogen-bond donors (Lipinski definition) is 2. The maximum Gasteiger partial charge on any atom is 0.123 e. The van der Waals surface area contributed by atoms with E-state index in [1.165, 1.54) is 12.1 Å². The average Bonchev–Trinajstić information content (AvgIpc) is 2.50. The number of nitrogens with zero attached hydrogens (tertiary/aromatic N) is 2. The van der Waals surface area contributed by atoms with Crippen molar-refractivity contribution in [1.29, 1.82) is 0 Å². The molecule has 0 aromatic heterocycles. The van der Waals surface area contributed by atoms with E-state index in [0.717, 1.165) is 16.9 Å². The monoisotopic (exact) mass is 287 g/mol. The molecule has 2 rings (SSSR count). The lowest BCUT2D eigenvalue weighted by Gasteiger charge is -2.17. The molecule has 0 aliphatic rings. The fourth-order valence-corrected chi connectivity index (χ4v) is 1.80. The molecule has 4 nitrogen and oxygen atoms in total. The first kappa shape index (κ1) is 15.0. The van der Waals surface area contributed by atoms with Gasteiger partial charge in [0.05, 0.1) is 18.5 Å². The Labute approximate surface area is 123 Å². The van der Waals surface area contributed by atoms with Gasteiger partial charge in [-0.05, 0) is 42.0 Å². The van der Waals surface area contributed by atoms with Gasteiger partial charge in [0, 0.05) is 19.3 Å². The van der Waals surface area contributed by atoms with Crippen LogP contribution in [0.3, 0.4) is 0 Å². The second kappa shape index (κ2) is 7.40. The topological polar surface area (TPSA) is 47.9 Å². The van der Waals surface area contributed by atoms with Crippen LogP contribution in [0.2, 0.25) is 0 Å². The molecule has 0 bridgehead atoms. The summed E-state index contributed by atoms with van der Waals surface area (Å²) in [5.74, 6) is -0.271. The zero-order valence-corrected chi connectivity index (χ0v) is 11.8. The molecule has 0 amide bonds. The molecule has 0 atom stereocenters. The highest BCUT2D eigenvalue weighted by Gasteiger charge is 1.98. The summed E-state index contributed by atoms with van der Waals surface area (Å²) in [6, 6.07) is 13.8. The Morgan fingerprint density at radius 2 is 1.81 bits per heavy atom. The minimum Gasteiger partial charge on any atom is -0.395 e. The SMILES string of the molecule is CN(CCO)c1ccc(/C=N\Nc2ccc(F)cc2)cc1. The summed E-state index contributed by atoms with van der Waals surface area (Å²) in [6.45, 7) is 0.723. The van der Waals surface area contributed by atoms with Crippen LogP contribution >= 0.6 is 0 Å². The summed E-state index contributed by atoms with van der Waals surface area (Å²) in [7, 11) is 1.93. The number of likely N-dealkylation sites (N-methyl/N-ethyl adjacent to an activating group) is 1. The molecule has 0 radical (unpaired) electrons. The van der Waals surface area contributed by atoms with Crippen LogP contribution in [0.1, 0.15) is 5.56 Å². The molecule has 0 fully saturated rings. The van der Waals surface area contributed by atoms with Crippen molar-refractivity contribution in [3.8, 4) is 0 Å². The van der Waals surface area contributed by atoms with Crippen LogP contribution in [0.5, 0.6) is 0 Å². The molecule has 0 saturated carbocycles. The highest BCUT2D eigenvalue weighted by atomic mass is 19.1. The fourth-order valence-electron chi connectivity index (χ4n) is 1.80. The van der Waals surface area contributed by atoms with Crippen LogP contribution in [0.15, 0.2) is 53.6 Å². The van der Waals surface area contributed by atoms with Gasteiger partial charge in [-0.3, -0.25) is 5.43 Å². The number of halogens is 1. The molecule has 0 spiro atoms. The summed E-state index contributed by atoms with van der Waals surface area (Å²) in [5, 5.41) is 13.0. The van der Waals surface area contributed by atoms with Gasteiger partial charge in [-0.1, -0.05) is 12.1 Å². The molecule has 21 heavy (non-hydrogen) atoms. The van der Waals surface area contributed by atoms with Gasteiger partial charge in [0.1, 0.15) is 5.82 Å². The van der Waals surface area contributed by atoms with Crippen LogP contribution in [0, 0.1) is 5.82 Å². The third kappa shape index (κ3) is 4.57. The van der Waals surface area contributed by atoms with Crippen molar-refractivity contribution in [3.05, 3.63) is 59.9 Å². The summed E-state index contributed by atoms with van der Waals surface area (Å²) < 4.78 is 12.7. The third-order valence-electron chi connectivity index (χ3n) is 3.02. The molecule has 2 N–H and O–H groups in total. The number of hydrazone groups is 1. The predicted octanol–water partition coefficient (Wildman–Crippen LogP) is 2.70. The van der Waals surface area contributed by atoms with Gasteiger partial charge in [0.25, 0.3) is 0 Å². The highest BCUT2D eigenvalue weighted by molar-refractivity contribution is 5.80. The molecular weight excluding hydrogens is 269 g/mol. The molecule has 0 heterocycles. The Morgan fingerprint density at radius 3 is 2.43 bits per heavy atom. The van der Waals surface area contributed by atoms with Crippen LogP contribution in [-0.2, 0) is 0 Å². The van der Waals surface area contributed by atoms with Crippen molar-refractivity contribution in [1.82, 2.24) is 0 Å². The van der Waals surface area contributed by atoms with Crippen LogP contribution < -0.4 is 10.3 Å². The quantitative estimate of drug-likeness (QED) is 0.634. The van der Waals surface area contributed by atoms with E-state index in [9.17, 15) is 4.39 Å². The number of nitrogens with one attached hydrogen (secondary N) is 1. The van der Waals surface area contributed by atoms with Gasteiger partial charge in [-0.25, -0.2) is 4.39 Å². The van der Waals surface area contributed by atoms with Gasteiger partial charge in [-0.2, -0.15) is 5.10 Å². The lowest BCUT2D eigenvalue weighted by atomic mass is 10.2. The van der Waals surface area contributed by atoms with E-state index in [-0.39, 0.29) is 12.4 Å². The summed E-state index contributed by atoms with van der Waals surface area (Å²) in [5.41, 5.74) is 5.55. The Morgan fingerprint density at radius 1 is 1.14 bits per heavy atom. The van der Waals surface area contributed by atoms with E-state index >= 15 is 0 Å². The van der Waals surface area contributed by atoms with Crippen molar-refractivity contribution in [2.24, 2.45) is 5.10 Å². The zero-order valence-electron chi connectivity index (χ0n) is 11.8. The predicted molar refractivity (Wildman–Crippen MR) is 84.4 cm³/mol. The first-order valence-electron chi connectivity index (χ1n) is 6.66. The van der Waals surface area contributed by atoms with Crippen molar-refractivity contribution in [3.63, 3.8) is 0 Å². The minimum absolute atomic E-state index is 0.126. The number of aliphatic hydroxyl groups excluding tert-OH is 1. The summed E-state index contributed by atoms with van der Waals surface area (Å²) >= 11 is 0. The maximum absolute atomic E-state index is 12.7. The molecule has 0 aliphatic carbocycles. The summed E-state index contributed by atoms with van der Waals surface area (Å²) in [4.78, 5) is 1.97. The van der Waals surface area contributed by atoms with Crippen LogP contribution in [0.4, 0.5) is 15.8 Å². The smallest absolute Gasteiger partial charge is 0.123 e. The van der Waals surface area contributed by atoms with E-state index in [4.69, 9.17) is 5.11 Å². The van der Waals surface area contributed by atoms with E-state index in [1.807, 2.05) is 36.2 Å². The minimum atomic E-state index is -0.271. The third-order valence-corrected chi connectivity index (χ3v) is 3.02. The fraction of sp³-hybridized carbons (Fsp3) is 0.188. The largest absolute Gasteiger partial charge is 0.395 e. The van der Waals surface area contributed by atoms with Crippen LogP contribution in [-0.4, -0.2) is 31.5 Å². The van der Waals surface area contributed by atoms with Crippen molar-refractivity contribution in [2.45, 2.75) is 0 Å². The lowest BCUT2D eigenvalue weighted by Crippen LogP contribution is -2.20. The molecular formula is C16H18FN3O. The maximum atomic E-state index is 12.7. The number of rotatable bonds is 6. The first-order chi connectivity index (χ1) is 10.2. The van der Waals surface area contributed by atoms with Crippen molar-refractivity contribution in [2.75, 3.05) is 30.5 Å². The van der Waals surface area contributed by atoms with Crippen LogP contribution in [0.25, 0.3) is 0 Å². The van der Waals surface area contributed by atoms with E-state index in [0.29, 0.717) is 6.54 Å². The Bertz CT molecular complexity index is 581. The van der Waals surface area contributed by atoms with Crippen molar-refractivity contribution >= 4 is 17.6 Å². The van der Waals surface area contributed by atoms with Gasteiger partial charge >= 0.3 is 0 Å². The first-order valence-corrected chi connectivity index (χ1v) is 6.66. The van der Waals surface area contributed by atoms with E-state index in [2.05, 4.69) is 10.5 Å². The second-order valence-electron chi connectivity index (χ2n) is 4.61. The van der Waals surface area contributed by atoms with Gasteiger partial charge in [0.15, 0.2) is 0 Å². The molecule has 0 saturated heterocycles. The number of anilines is 2. The van der Waals surface area contributed by atoms with E-state index < -0.39 is 0 Å². The van der Waals surface area contributed by atoms with Gasteiger partial charge in [-0.15, -0.1) is 0 Å². The molecule has 110 valence electrons. The Balaban J connectivity index is 1.93. The van der Waals surface area contributed by atoms with Gasteiger partial charge < -0.3 is 10.0 Å². The zero-order chi connectivity index (χ0) is 15.1. The molecule has 2 aromatic carbocycles. The Hall–Kier alpha value is -2.40. The highest BCUT2D eigenvalue weighted by Crippen LogP contribution is 2.13. The number of aliphatic hydroxyl groups is 1. The molecule has 0 aliphatic heterocycles. The number of hydrogen-bond acceptors (Lipinski definition) is 4. The Kier molecular flexibility index (Phi) is 5.29. The van der Waals surface area contributed by atoms with Gasteiger partial charge in [0.2, 0.25) is 0 Å². The normalized spacial score (nSPS) is 10.8.